The molecular formula is C19H19F3IN. The molecule has 1 heterocycles. The van der Waals surface area contributed by atoms with Crippen molar-refractivity contribution in [3.8, 4) is 0 Å². The second-order valence-corrected chi connectivity index (χ2v) is 7.84. The van der Waals surface area contributed by atoms with Gasteiger partial charge in [0.15, 0.2) is 0 Å². The fourth-order valence-electron chi connectivity index (χ4n) is 3.18. The van der Waals surface area contributed by atoms with Crippen LogP contribution in [0.5, 0.6) is 0 Å². The smallest absolute Gasteiger partial charge is 0.340 e. The van der Waals surface area contributed by atoms with E-state index >= 15 is 0 Å². The lowest BCUT2D eigenvalue weighted by Gasteiger charge is -2.13. The molecule has 3 aromatic rings. The summed E-state index contributed by atoms with van der Waals surface area (Å²) < 4.78 is 39.3. The Balaban J connectivity index is 1.71. The molecule has 0 amide bonds. The van der Waals surface area contributed by atoms with Crippen molar-refractivity contribution in [1.29, 1.82) is 0 Å². The molecule has 128 valence electrons. The lowest BCUT2D eigenvalue weighted by atomic mass is 10.1. The summed E-state index contributed by atoms with van der Waals surface area (Å²) >= 11 is 2.15. The van der Waals surface area contributed by atoms with Gasteiger partial charge in [0.25, 0.3) is 0 Å². The zero-order chi connectivity index (χ0) is 17.2. The quantitative estimate of drug-likeness (QED) is 0.293. The highest BCUT2D eigenvalue weighted by Crippen LogP contribution is 2.30. The van der Waals surface area contributed by atoms with Crippen molar-refractivity contribution in [2.75, 3.05) is 0 Å². The molecule has 2 aromatic carbocycles. The van der Waals surface area contributed by atoms with E-state index in [-0.39, 0.29) is 10.3 Å². The Bertz CT molecular complexity index is 769. The van der Waals surface area contributed by atoms with Crippen LogP contribution < -0.4 is 0 Å². The highest BCUT2D eigenvalue weighted by atomic mass is 127. The van der Waals surface area contributed by atoms with Gasteiger partial charge in [0.05, 0.1) is 0 Å². The number of rotatable bonds is 6. The van der Waals surface area contributed by atoms with Crippen molar-refractivity contribution < 1.29 is 13.2 Å². The maximum absolute atomic E-state index is 12.3. The Hall–Kier alpha value is -1.24. The summed E-state index contributed by atoms with van der Waals surface area (Å²) in [5.41, 5.74) is 2.39. The number of nitrogens with zero attached hydrogens (tertiary/aromatic N) is 1. The standard InChI is InChI=1S/C19H19F3IN/c20-19(21,22)12-11-14(23)6-5-13-24-17-9-3-1-7-15(17)16-8-2-4-10-18(16)24/h1-4,7-10,14H,5-6,11-13H2. The molecule has 1 unspecified atom stereocenters. The van der Waals surface area contributed by atoms with Crippen LogP contribution in [0.2, 0.25) is 0 Å². The van der Waals surface area contributed by atoms with E-state index in [0.717, 1.165) is 19.4 Å². The first-order valence-corrected chi connectivity index (χ1v) is 9.37. The van der Waals surface area contributed by atoms with Crippen LogP contribution >= 0.6 is 22.6 Å². The third-order valence-electron chi connectivity index (χ3n) is 4.32. The second-order valence-electron chi connectivity index (χ2n) is 6.08. The molecule has 24 heavy (non-hydrogen) atoms. The Morgan fingerprint density at radius 2 is 1.42 bits per heavy atom. The van der Waals surface area contributed by atoms with E-state index in [9.17, 15) is 13.2 Å². The highest BCUT2D eigenvalue weighted by Gasteiger charge is 2.27. The molecule has 0 aliphatic rings. The fourth-order valence-corrected chi connectivity index (χ4v) is 3.93. The van der Waals surface area contributed by atoms with Crippen LogP contribution in [0.3, 0.4) is 0 Å². The molecule has 0 fully saturated rings. The van der Waals surface area contributed by atoms with E-state index in [1.807, 2.05) is 24.3 Å². The lowest BCUT2D eigenvalue weighted by molar-refractivity contribution is -0.135. The fraction of sp³-hybridized carbons (Fsp3) is 0.368. The monoisotopic (exact) mass is 445 g/mol. The van der Waals surface area contributed by atoms with Gasteiger partial charge in [0.1, 0.15) is 0 Å². The Labute approximate surface area is 153 Å². The number of fused-ring (bicyclic) bond motifs is 3. The first-order valence-electron chi connectivity index (χ1n) is 8.12. The Morgan fingerprint density at radius 3 is 1.96 bits per heavy atom. The molecule has 0 aliphatic carbocycles. The van der Waals surface area contributed by atoms with Crippen LogP contribution in [0, 0.1) is 0 Å². The van der Waals surface area contributed by atoms with E-state index in [2.05, 4.69) is 51.4 Å². The summed E-state index contributed by atoms with van der Waals surface area (Å²) in [6.07, 6.45) is -2.84. The minimum Gasteiger partial charge on any atom is -0.340 e. The number of benzene rings is 2. The number of hydrogen-bond donors (Lipinski definition) is 0. The minimum atomic E-state index is -4.05. The van der Waals surface area contributed by atoms with Gasteiger partial charge in [-0.15, -0.1) is 0 Å². The predicted molar refractivity (Wildman–Crippen MR) is 102 cm³/mol. The average Bonchev–Trinajstić information content (AvgIpc) is 2.87. The molecule has 0 radical (unpaired) electrons. The van der Waals surface area contributed by atoms with Gasteiger partial charge in [0, 0.05) is 38.7 Å². The van der Waals surface area contributed by atoms with Crippen molar-refractivity contribution >= 4 is 44.4 Å². The third-order valence-corrected chi connectivity index (χ3v) is 5.57. The van der Waals surface area contributed by atoms with Crippen molar-refractivity contribution in [2.24, 2.45) is 0 Å². The van der Waals surface area contributed by atoms with Crippen LogP contribution in [0.1, 0.15) is 25.7 Å². The molecule has 1 aromatic heterocycles. The zero-order valence-corrected chi connectivity index (χ0v) is 15.3. The van der Waals surface area contributed by atoms with Crippen molar-refractivity contribution in [1.82, 2.24) is 4.57 Å². The summed E-state index contributed by atoms with van der Waals surface area (Å²) in [6, 6.07) is 16.6. The first-order chi connectivity index (χ1) is 11.5. The van der Waals surface area contributed by atoms with Crippen molar-refractivity contribution in [3.63, 3.8) is 0 Å². The van der Waals surface area contributed by atoms with Gasteiger partial charge in [0.2, 0.25) is 0 Å². The lowest BCUT2D eigenvalue weighted by Crippen LogP contribution is -2.11. The van der Waals surface area contributed by atoms with Crippen LogP contribution in [-0.4, -0.2) is 14.7 Å². The number of para-hydroxylation sites is 2. The number of halogens is 4. The Morgan fingerprint density at radius 1 is 0.875 bits per heavy atom. The minimum absolute atomic E-state index is 0.0670. The van der Waals surface area contributed by atoms with E-state index in [4.69, 9.17) is 0 Å². The van der Waals surface area contributed by atoms with Gasteiger partial charge in [-0.2, -0.15) is 13.2 Å². The number of hydrogen-bond acceptors (Lipinski definition) is 0. The molecule has 0 spiro atoms. The van der Waals surface area contributed by atoms with Gasteiger partial charge in [-0.3, -0.25) is 0 Å². The van der Waals surface area contributed by atoms with E-state index in [0.29, 0.717) is 0 Å². The van der Waals surface area contributed by atoms with E-state index < -0.39 is 12.6 Å². The molecule has 0 N–H and O–H groups in total. The maximum Gasteiger partial charge on any atom is 0.389 e. The summed E-state index contributed by atoms with van der Waals surface area (Å²) in [4.78, 5) is 0. The number of aromatic nitrogens is 1. The van der Waals surface area contributed by atoms with Gasteiger partial charge < -0.3 is 4.57 Å². The molecule has 1 atom stereocenters. The summed E-state index contributed by atoms with van der Waals surface area (Å²) in [5, 5.41) is 2.47. The van der Waals surface area contributed by atoms with E-state index in [1.165, 1.54) is 21.8 Å². The number of aryl methyl sites for hydroxylation is 1. The van der Waals surface area contributed by atoms with Crippen LogP contribution in [0.15, 0.2) is 48.5 Å². The number of alkyl halides is 4. The second kappa shape index (κ2) is 7.33. The van der Waals surface area contributed by atoms with Gasteiger partial charge >= 0.3 is 6.18 Å². The maximum atomic E-state index is 12.3. The van der Waals surface area contributed by atoms with Gasteiger partial charge in [-0.1, -0.05) is 59.0 Å². The highest BCUT2D eigenvalue weighted by molar-refractivity contribution is 14.1. The van der Waals surface area contributed by atoms with Crippen LogP contribution in [-0.2, 0) is 6.54 Å². The SMILES string of the molecule is FC(F)(F)CCC(I)CCCn1c2ccccc2c2ccccc21. The average molecular weight is 445 g/mol. The molecule has 0 saturated carbocycles. The van der Waals surface area contributed by atoms with Crippen molar-refractivity contribution in [3.05, 3.63) is 48.5 Å². The van der Waals surface area contributed by atoms with Crippen LogP contribution in [0.4, 0.5) is 13.2 Å². The summed E-state index contributed by atoms with van der Waals surface area (Å²) in [5.74, 6) is 0. The predicted octanol–water partition coefficient (Wildman–Crippen LogP) is 6.72. The van der Waals surface area contributed by atoms with Crippen molar-refractivity contribution in [2.45, 2.75) is 42.3 Å². The summed E-state index contributed by atoms with van der Waals surface area (Å²) in [7, 11) is 0. The molecule has 0 aliphatic heterocycles. The largest absolute Gasteiger partial charge is 0.389 e. The normalized spacial score (nSPS) is 13.7. The topological polar surface area (TPSA) is 4.93 Å². The molecule has 1 nitrogen and oxygen atoms in total. The zero-order valence-electron chi connectivity index (χ0n) is 13.2. The summed E-state index contributed by atoms with van der Waals surface area (Å²) in [6.45, 7) is 0.833. The molecule has 0 saturated heterocycles. The van der Waals surface area contributed by atoms with E-state index in [1.54, 1.807) is 0 Å². The molecule has 5 heteroatoms. The van der Waals surface area contributed by atoms with Gasteiger partial charge in [-0.05, 0) is 31.4 Å². The molecule has 3 rings (SSSR count). The molecule has 0 bridgehead atoms. The third kappa shape index (κ3) is 4.05. The molecular weight excluding hydrogens is 426 g/mol. The first kappa shape index (κ1) is 17.6. The van der Waals surface area contributed by atoms with Gasteiger partial charge in [-0.25, -0.2) is 0 Å². The Kier molecular flexibility index (Phi) is 5.37. The van der Waals surface area contributed by atoms with Crippen LogP contribution in [0.25, 0.3) is 21.8 Å².